The van der Waals surface area contributed by atoms with Crippen LogP contribution in [0.2, 0.25) is 0 Å². The Morgan fingerprint density at radius 1 is 1.33 bits per heavy atom. The van der Waals surface area contributed by atoms with Gasteiger partial charge in [-0.1, -0.05) is 20.8 Å². The summed E-state index contributed by atoms with van der Waals surface area (Å²) < 4.78 is -0.458. The van der Waals surface area contributed by atoms with E-state index < -0.39 is 22.8 Å². The molecule has 0 aliphatic carbocycles. The van der Waals surface area contributed by atoms with Crippen LogP contribution in [0.3, 0.4) is 0 Å². The SMILES string of the molecule is CC1(C)S[C@@H]2C(N)C(=O)N2[C@H]1C(=O)O.CCN(CC)CC. The third kappa shape index (κ3) is 3.52. The van der Waals surface area contributed by atoms with Gasteiger partial charge in [-0.15, -0.1) is 11.8 Å². The Labute approximate surface area is 131 Å². The van der Waals surface area contributed by atoms with Crippen molar-refractivity contribution in [3.05, 3.63) is 0 Å². The molecule has 0 spiro atoms. The summed E-state index contributed by atoms with van der Waals surface area (Å²) in [7, 11) is 0. The molecule has 0 aromatic rings. The van der Waals surface area contributed by atoms with E-state index in [1.807, 2.05) is 13.8 Å². The van der Waals surface area contributed by atoms with Gasteiger partial charge in [-0.2, -0.15) is 0 Å². The summed E-state index contributed by atoms with van der Waals surface area (Å²) in [5.41, 5.74) is 5.59. The molecule has 0 saturated carbocycles. The lowest BCUT2D eigenvalue weighted by molar-refractivity contribution is -0.159. The Balaban J connectivity index is 0.000000270. The first kappa shape index (κ1) is 18.3. The van der Waals surface area contributed by atoms with Gasteiger partial charge in [0.2, 0.25) is 5.91 Å². The summed E-state index contributed by atoms with van der Waals surface area (Å²) >= 11 is 1.47. The summed E-state index contributed by atoms with van der Waals surface area (Å²) in [6, 6.07) is -1.27. The van der Waals surface area contributed by atoms with Crippen LogP contribution in [0.1, 0.15) is 34.6 Å². The molecule has 2 saturated heterocycles. The highest BCUT2D eigenvalue weighted by Crippen LogP contribution is 2.50. The molecule has 7 heteroatoms. The van der Waals surface area contributed by atoms with Crippen molar-refractivity contribution in [2.75, 3.05) is 19.6 Å². The lowest BCUT2D eigenvalue weighted by Crippen LogP contribution is -2.68. The molecule has 3 N–H and O–H groups in total. The highest BCUT2D eigenvalue weighted by molar-refractivity contribution is 8.01. The number of carbonyl (C=O) groups excluding carboxylic acids is 1. The number of nitrogens with two attached hydrogens (primary N) is 1. The maximum atomic E-state index is 11.4. The number of nitrogens with zero attached hydrogens (tertiary/aromatic N) is 2. The third-order valence-electron chi connectivity index (χ3n) is 4.06. The maximum Gasteiger partial charge on any atom is 0.327 e. The number of hydrogen-bond donors (Lipinski definition) is 2. The Bertz CT molecular complexity index is 393. The van der Waals surface area contributed by atoms with E-state index in [-0.39, 0.29) is 11.3 Å². The minimum atomic E-state index is -0.953. The number of thioether (sulfide) groups is 1. The zero-order valence-corrected chi connectivity index (χ0v) is 14.3. The van der Waals surface area contributed by atoms with Crippen molar-refractivity contribution >= 4 is 23.6 Å². The van der Waals surface area contributed by atoms with Crippen LogP contribution in [0.25, 0.3) is 0 Å². The van der Waals surface area contributed by atoms with Gasteiger partial charge in [-0.25, -0.2) is 4.79 Å². The summed E-state index contributed by atoms with van der Waals surface area (Å²) in [4.78, 5) is 26.1. The summed E-state index contributed by atoms with van der Waals surface area (Å²) in [5.74, 6) is -1.20. The molecule has 0 radical (unpaired) electrons. The van der Waals surface area contributed by atoms with Crippen LogP contribution in [0, 0.1) is 0 Å². The van der Waals surface area contributed by atoms with Crippen LogP contribution >= 0.6 is 11.8 Å². The Kier molecular flexibility index (Phi) is 6.07. The van der Waals surface area contributed by atoms with Gasteiger partial charge in [-0.3, -0.25) is 4.79 Å². The number of carbonyl (C=O) groups is 2. The van der Waals surface area contributed by atoms with Crippen molar-refractivity contribution in [2.45, 2.75) is 56.8 Å². The number of amides is 1. The van der Waals surface area contributed by atoms with Crippen LogP contribution in [0.5, 0.6) is 0 Å². The molecule has 2 aliphatic heterocycles. The molecular formula is C14H27N3O3S. The number of hydrogen-bond acceptors (Lipinski definition) is 5. The molecule has 122 valence electrons. The van der Waals surface area contributed by atoms with Crippen LogP contribution in [0.4, 0.5) is 0 Å². The molecule has 3 atom stereocenters. The van der Waals surface area contributed by atoms with Crippen LogP contribution in [-0.4, -0.2) is 68.6 Å². The van der Waals surface area contributed by atoms with Crippen molar-refractivity contribution in [1.29, 1.82) is 0 Å². The zero-order chi connectivity index (χ0) is 16.4. The van der Waals surface area contributed by atoms with E-state index >= 15 is 0 Å². The molecule has 2 fully saturated rings. The van der Waals surface area contributed by atoms with E-state index in [1.165, 1.54) is 36.3 Å². The molecule has 1 amide bonds. The van der Waals surface area contributed by atoms with Gasteiger partial charge in [0, 0.05) is 4.75 Å². The first-order valence-electron chi connectivity index (χ1n) is 7.41. The average molecular weight is 317 g/mol. The van der Waals surface area contributed by atoms with Gasteiger partial charge in [-0.05, 0) is 33.5 Å². The highest BCUT2D eigenvalue weighted by atomic mass is 32.2. The van der Waals surface area contributed by atoms with Gasteiger partial charge in [0.1, 0.15) is 17.5 Å². The predicted molar refractivity (Wildman–Crippen MR) is 85.2 cm³/mol. The zero-order valence-electron chi connectivity index (χ0n) is 13.5. The highest BCUT2D eigenvalue weighted by Gasteiger charge is 2.62. The Morgan fingerprint density at radius 3 is 2.14 bits per heavy atom. The first-order valence-corrected chi connectivity index (χ1v) is 8.29. The van der Waals surface area contributed by atoms with Crippen molar-refractivity contribution in [3.63, 3.8) is 0 Å². The standard InChI is InChI=1S/C8H12N2O3S.C6H15N/c1-8(2)4(7(12)13)10-5(11)3(9)6(10)14-8;1-4-7(5-2)6-3/h3-4,6H,9H2,1-2H3,(H,12,13);4-6H2,1-3H3/t3?,4-,6+;/m0./s1. The number of rotatable bonds is 4. The second-order valence-corrected chi connectivity index (χ2v) is 7.51. The molecule has 2 aliphatic rings. The summed E-state index contributed by atoms with van der Waals surface area (Å²) in [6.07, 6.45) is 0. The normalized spacial score (nSPS) is 29.6. The summed E-state index contributed by atoms with van der Waals surface area (Å²) in [5, 5.41) is 8.87. The fraction of sp³-hybridized carbons (Fsp3) is 0.857. The minimum absolute atomic E-state index is 0.154. The van der Waals surface area contributed by atoms with Crippen LogP contribution in [-0.2, 0) is 9.59 Å². The van der Waals surface area contributed by atoms with E-state index in [4.69, 9.17) is 10.8 Å². The number of carboxylic acid groups (broad SMARTS) is 1. The fourth-order valence-electron chi connectivity index (χ4n) is 2.71. The summed E-state index contributed by atoms with van der Waals surface area (Å²) in [6.45, 7) is 13.8. The smallest absolute Gasteiger partial charge is 0.327 e. The first-order chi connectivity index (χ1) is 9.71. The molecule has 0 aromatic carbocycles. The maximum absolute atomic E-state index is 11.4. The van der Waals surface area contributed by atoms with Crippen LogP contribution < -0.4 is 5.73 Å². The quantitative estimate of drug-likeness (QED) is 0.746. The van der Waals surface area contributed by atoms with Gasteiger partial charge < -0.3 is 20.6 Å². The number of fused-ring (bicyclic) bond motifs is 1. The lowest BCUT2D eigenvalue weighted by atomic mass is 9.96. The third-order valence-corrected chi connectivity index (χ3v) is 5.65. The van der Waals surface area contributed by atoms with Crippen molar-refractivity contribution in [1.82, 2.24) is 9.80 Å². The van der Waals surface area contributed by atoms with Crippen molar-refractivity contribution in [2.24, 2.45) is 5.73 Å². The fourth-order valence-corrected chi connectivity index (χ4v) is 4.28. The molecule has 0 bridgehead atoms. The monoisotopic (exact) mass is 317 g/mol. The largest absolute Gasteiger partial charge is 0.480 e. The number of aliphatic carboxylic acids is 1. The Morgan fingerprint density at radius 2 is 1.81 bits per heavy atom. The van der Waals surface area contributed by atoms with Gasteiger partial charge in [0.05, 0.1) is 0 Å². The van der Waals surface area contributed by atoms with Gasteiger partial charge in [0.25, 0.3) is 0 Å². The van der Waals surface area contributed by atoms with Crippen molar-refractivity contribution in [3.8, 4) is 0 Å². The molecule has 1 unspecified atom stereocenters. The number of carboxylic acids is 1. The van der Waals surface area contributed by atoms with E-state index in [9.17, 15) is 9.59 Å². The second-order valence-electron chi connectivity index (χ2n) is 5.74. The molecular weight excluding hydrogens is 290 g/mol. The predicted octanol–water partition coefficient (Wildman–Crippen LogP) is 0.809. The molecule has 2 heterocycles. The van der Waals surface area contributed by atoms with Gasteiger partial charge in [0.15, 0.2) is 0 Å². The molecule has 0 aromatic heterocycles. The van der Waals surface area contributed by atoms with Gasteiger partial charge >= 0.3 is 5.97 Å². The van der Waals surface area contributed by atoms with Crippen LogP contribution in [0.15, 0.2) is 0 Å². The average Bonchev–Trinajstić information content (AvgIpc) is 2.70. The minimum Gasteiger partial charge on any atom is -0.480 e. The molecule has 6 nitrogen and oxygen atoms in total. The second kappa shape index (κ2) is 6.98. The van der Waals surface area contributed by atoms with E-state index in [1.54, 1.807) is 0 Å². The number of β-lactam (4-membered cyclic amide) rings is 1. The Hall–Kier alpha value is -0.790. The van der Waals surface area contributed by atoms with E-state index in [0.29, 0.717) is 0 Å². The van der Waals surface area contributed by atoms with E-state index in [2.05, 4.69) is 25.7 Å². The van der Waals surface area contributed by atoms with Crippen molar-refractivity contribution < 1.29 is 14.7 Å². The lowest BCUT2D eigenvalue weighted by Gasteiger charge is -2.41. The van der Waals surface area contributed by atoms with E-state index in [0.717, 1.165) is 0 Å². The molecule has 2 rings (SSSR count). The molecule has 21 heavy (non-hydrogen) atoms. The topological polar surface area (TPSA) is 86.9 Å².